The van der Waals surface area contributed by atoms with Gasteiger partial charge in [-0.2, -0.15) is 0 Å². The average molecular weight is 942 g/mol. The van der Waals surface area contributed by atoms with Gasteiger partial charge in [-0.3, -0.25) is 19.8 Å². The first-order chi connectivity index (χ1) is 29.6. The second-order valence-electron chi connectivity index (χ2n) is 13.6. The second-order valence-corrected chi connectivity index (χ2v) is 18.2. The van der Waals surface area contributed by atoms with Gasteiger partial charge in [0, 0.05) is 29.5 Å². The second kappa shape index (κ2) is 24.0. The molecule has 63 heavy (non-hydrogen) atoms. The molecule has 336 valence electrons. The fraction of sp³-hybridized carbons (Fsp3) is 0.286. The van der Waals surface area contributed by atoms with E-state index in [1.54, 1.807) is 38.1 Å². The Morgan fingerprint density at radius 2 is 0.921 bits per heavy atom. The molecule has 0 spiro atoms. The zero-order valence-electron chi connectivity index (χ0n) is 36.3. The SMILES string of the molecule is CCS(=O)(=O)c1ccc(N=Nc2c(C)[nH]n(-c3ccccc3)c2=O)c(O)c1.CCS(=O)(=O)c1ccc(N=Nc2c(C)[nH]n(-c3ccccc3)c2=O)c(O)c1.NCCCCCCN.[Cr].[H+]. The first-order valence-corrected chi connectivity index (χ1v) is 23.0. The quantitative estimate of drug-likeness (QED) is 0.0439. The van der Waals surface area contributed by atoms with E-state index in [1.165, 1.54) is 60.3 Å². The number of nitrogens with two attached hydrogens (primary N) is 2. The van der Waals surface area contributed by atoms with Crippen LogP contribution in [-0.2, 0) is 37.0 Å². The Kier molecular flexibility index (Phi) is 19.6. The maximum absolute atomic E-state index is 12.6. The molecule has 18 nitrogen and oxygen atoms in total. The van der Waals surface area contributed by atoms with Crippen molar-refractivity contribution in [2.75, 3.05) is 24.6 Å². The van der Waals surface area contributed by atoms with E-state index >= 15 is 0 Å². The van der Waals surface area contributed by atoms with Gasteiger partial charge in [0.2, 0.25) is 0 Å². The van der Waals surface area contributed by atoms with Crippen LogP contribution in [0, 0.1) is 13.8 Å². The van der Waals surface area contributed by atoms with Crippen LogP contribution >= 0.6 is 0 Å². The molecule has 0 radical (unpaired) electrons. The molecular formula is C42H53CrN10O8S2+. The number of phenolic OH excluding ortho intramolecular Hbond substituents is 2. The number of H-pyrrole nitrogens is 2. The number of azo groups is 2. The summed E-state index contributed by atoms with van der Waals surface area (Å²) in [6, 6.07) is 25.7. The van der Waals surface area contributed by atoms with Crippen molar-refractivity contribution >= 4 is 42.4 Å². The van der Waals surface area contributed by atoms with Gasteiger partial charge in [-0.1, -0.05) is 63.1 Å². The summed E-state index contributed by atoms with van der Waals surface area (Å²) in [6.45, 7) is 8.06. The maximum atomic E-state index is 12.6. The minimum absolute atomic E-state index is 0. The molecule has 6 rings (SSSR count). The molecule has 0 saturated carbocycles. The Morgan fingerprint density at radius 3 is 1.22 bits per heavy atom. The molecule has 0 atom stereocenters. The zero-order chi connectivity index (χ0) is 45.5. The van der Waals surface area contributed by atoms with Gasteiger partial charge in [0.1, 0.15) is 22.9 Å². The Labute approximate surface area is 377 Å². The van der Waals surface area contributed by atoms with Crippen molar-refractivity contribution in [3.8, 4) is 22.9 Å². The summed E-state index contributed by atoms with van der Waals surface area (Å²) in [5.41, 5.74) is 12.5. The molecule has 0 bridgehead atoms. The number of para-hydroxylation sites is 2. The van der Waals surface area contributed by atoms with Crippen molar-refractivity contribution in [2.45, 2.75) is 63.2 Å². The van der Waals surface area contributed by atoms with Gasteiger partial charge in [0.25, 0.3) is 11.1 Å². The number of aromatic hydroxyl groups is 2. The summed E-state index contributed by atoms with van der Waals surface area (Å²) < 4.78 is 50.1. The minimum atomic E-state index is -3.44. The van der Waals surface area contributed by atoms with Crippen molar-refractivity contribution in [3.05, 3.63) is 129 Å². The summed E-state index contributed by atoms with van der Waals surface area (Å²) in [7, 11) is -6.87. The largest absolute Gasteiger partial charge is 1.00 e. The van der Waals surface area contributed by atoms with Crippen molar-refractivity contribution in [1.29, 1.82) is 0 Å². The van der Waals surface area contributed by atoms with Crippen LogP contribution in [0.2, 0.25) is 0 Å². The Balaban J connectivity index is 0.000000367. The van der Waals surface area contributed by atoms with Gasteiger partial charge >= 0.3 is 1.43 Å². The van der Waals surface area contributed by atoms with Crippen LogP contribution in [0.5, 0.6) is 11.5 Å². The number of aromatic nitrogens is 4. The monoisotopic (exact) mass is 941 g/mol. The summed E-state index contributed by atoms with van der Waals surface area (Å²) in [5.74, 6) is -0.807. The molecule has 21 heteroatoms. The standard InChI is InChI=1S/2C18H18N4O4S.C6H16N2.Cr/c2*1-3-27(25,26)14-9-10-15(16(23)11-14)19-20-17-12(2)21-22(18(17)24)13-7-5-4-6-8-13;7-5-3-1-2-4-6-8;/h2*4-11,21,23H,3H2,1-2H3;1-8H2;/p+1. The van der Waals surface area contributed by atoms with E-state index in [4.69, 9.17) is 11.5 Å². The van der Waals surface area contributed by atoms with Crippen LogP contribution in [0.25, 0.3) is 11.4 Å². The Hall–Kier alpha value is -5.95. The first kappa shape index (κ1) is 51.4. The predicted octanol–water partition coefficient (Wildman–Crippen LogP) is 7.35. The van der Waals surface area contributed by atoms with E-state index in [1.807, 2.05) is 36.4 Å². The van der Waals surface area contributed by atoms with Crippen LogP contribution < -0.4 is 22.6 Å². The van der Waals surface area contributed by atoms with Crippen LogP contribution in [0.4, 0.5) is 22.7 Å². The normalized spacial score (nSPS) is 11.5. The molecule has 2 heterocycles. The molecule has 6 aromatic rings. The predicted molar refractivity (Wildman–Crippen MR) is 240 cm³/mol. The first-order valence-electron chi connectivity index (χ1n) is 19.7. The van der Waals surface area contributed by atoms with Gasteiger partial charge in [0.05, 0.1) is 44.1 Å². The molecule has 0 aliphatic carbocycles. The van der Waals surface area contributed by atoms with Crippen LogP contribution in [0.15, 0.2) is 137 Å². The van der Waals surface area contributed by atoms with Crippen LogP contribution in [-0.4, -0.2) is 71.2 Å². The van der Waals surface area contributed by atoms with E-state index in [0.717, 1.165) is 38.1 Å². The molecular weight excluding hydrogens is 889 g/mol. The number of rotatable bonds is 15. The Morgan fingerprint density at radius 1 is 0.571 bits per heavy atom. The zero-order valence-corrected chi connectivity index (χ0v) is 38.2. The average Bonchev–Trinajstić information content (AvgIpc) is 3.73. The minimum Gasteiger partial charge on any atom is -0.506 e. The van der Waals surface area contributed by atoms with Gasteiger partial charge in [-0.05, 0) is 88.3 Å². The van der Waals surface area contributed by atoms with Gasteiger partial charge in [-0.15, -0.1) is 20.5 Å². The number of aromatic amines is 2. The van der Waals surface area contributed by atoms with Crippen molar-refractivity contribution in [1.82, 2.24) is 19.6 Å². The molecule has 0 unspecified atom stereocenters. The maximum Gasteiger partial charge on any atom is 1.00 e. The number of aryl methyl sites for hydroxylation is 2. The summed E-state index contributed by atoms with van der Waals surface area (Å²) >= 11 is 0. The number of hydrogen-bond acceptors (Lipinski definition) is 14. The van der Waals surface area contributed by atoms with Gasteiger partial charge in [0.15, 0.2) is 31.0 Å². The smallest absolute Gasteiger partial charge is 0.506 e. The molecule has 0 saturated heterocycles. The summed E-state index contributed by atoms with van der Waals surface area (Å²) in [4.78, 5) is 25.1. The van der Waals surface area contributed by atoms with E-state index < -0.39 is 19.7 Å². The Bertz CT molecular complexity index is 2640. The molecule has 0 fully saturated rings. The van der Waals surface area contributed by atoms with Crippen molar-refractivity contribution < 1.29 is 45.8 Å². The van der Waals surface area contributed by atoms with Crippen molar-refractivity contribution in [2.24, 2.45) is 31.9 Å². The third-order valence-corrected chi connectivity index (χ3v) is 12.6. The molecule has 0 aliphatic rings. The van der Waals surface area contributed by atoms with Gasteiger partial charge in [-0.25, -0.2) is 26.2 Å². The number of unbranched alkanes of at least 4 members (excludes halogenated alkanes) is 3. The summed E-state index contributed by atoms with van der Waals surface area (Å²) in [5, 5.41) is 41.6. The number of nitrogens with zero attached hydrogens (tertiary/aromatic N) is 6. The summed E-state index contributed by atoms with van der Waals surface area (Å²) in [6.07, 6.45) is 4.79. The van der Waals surface area contributed by atoms with Crippen LogP contribution in [0.3, 0.4) is 0 Å². The third kappa shape index (κ3) is 13.8. The fourth-order valence-corrected chi connectivity index (χ4v) is 7.37. The molecule has 0 aliphatic heterocycles. The van der Waals surface area contributed by atoms with E-state index in [9.17, 15) is 36.6 Å². The number of sulfone groups is 2. The van der Waals surface area contributed by atoms with E-state index in [0.29, 0.717) is 22.8 Å². The van der Waals surface area contributed by atoms with Crippen molar-refractivity contribution in [3.63, 3.8) is 0 Å². The number of phenols is 2. The number of hydrogen-bond donors (Lipinski definition) is 6. The number of benzene rings is 4. The molecule has 8 N–H and O–H groups in total. The third-order valence-electron chi connectivity index (χ3n) is 9.16. The molecule has 4 aromatic carbocycles. The van der Waals surface area contributed by atoms with E-state index in [2.05, 4.69) is 30.7 Å². The number of nitrogens with one attached hydrogen (secondary N) is 2. The molecule has 0 amide bonds. The molecule has 2 aromatic heterocycles. The van der Waals surface area contributed by atoms with Gasteiger partial charge < -0.3 is 21.7 Å². The fourth-order valence-electron chi connectivity index (χ4n) is 5.57. The van der Waals surface area contributed by atoms with E-state index in [-0.39, 0.29) is 85.5 Å². The topological polar surface area (TPSA) is 286 Å². The van der Waals surface area contributed by atoms with Crippen LogP contribution in [0.1, 0.15) is 52.3 Å².